The Kier molecular flexibility index (Phi) is 4.66. The molecule has 1 aromatic rings. The van der Waals surface area contributed by atoms with Gasteiger partial charge in [0, 0.05) is 23.2 Å². The molecule has 1 aliphatic carbocycles. The molecule has 1 saturated carbocycles. The number of aryl methyl sites for hydroxylation is 2. The van der Waals surface area contributed by atoms with Gasteiger partial charge in [0.15, 0.2) is 5.16 Å². The molecule has 0 amide bonds. The largest absolute Gasteiger partial charge is 0.296 e. The van der Waals surface area contributed by atoms with Gasteiger partial charge < -0.3 is 0 Å². The molecule has 0 spiro atoms. The predicted molar refractivity (Wildman–Crippen MR) is 81.6 cm³/mol. The topological polar surface area (TPSA) is 61.6 Å². The fourth-order valence-electron chi connectivity index (χ4n) is 2.46. The predicted octanol–water partition coefficient (Wildman–Crippen LogP) is 2.86. The molecular formula is C15H22N4S. The molecule has 0 radical (unpaired) electrons. The molecule has 1 N–H and O–H groups in total. The zero-order valence-corrected chi connectivity index (χ0v) is 13.4. The van der Waals surface area contributed by atoms with Crippen LogP contribution in [0, 0.1) is 31.1 Å². The minimum Gasteiger partial charge on any atom is -0.296 e. The zero-order chi connectivity index (χ0) is 14.8. The smallest absolute Gasteiger partial charge is 0.188 e. The minimum atomic E-state index is -0.445. The van der Waals surface area contributed by atoms with Gasteiger partial charge >= 0.3 is 0 Å². The lowest BCUT2D eigenvalue weighted by Gasteiger charge is -2.29. The fraction of sp³-hybridized carbons (Fsp3) is 0.667. The molecule has 1 fully saturated rings. The molecule has 1 aromatic heterocycles. The summed E-state index contributed by atoms with van der Waals surface area (Å²) in [6, 6.07) is 4.79. The molecule has 5 heteroatoms. The maximum atomic E-state index is 9.66. The van der Waals surface area contributed by atoms with Gasteiger partial charge in [-0.2, -0.15) is 5.26 Å². The van der Waals surface area contributed by atoms with Crippen molar-refractivity contribution in [2.24, 2.45) is 5.92 Å². The van der Waals surface area contributed by atoms with Crippen LogP contribution >= 0.6 is 11.8 Å². The Labute approximate surface area is 125 Å². The molecule has 2 rings (SSSR count). The van der Waals surface area contributed by atoms with Gasteiger partial charge in [0.25, 0.3) is 0 Å². The van der Waals surface area contributed by atoms with Crippen LogP contribution in [0.2, 0.25) is 0 Å². The van der Waals surface area contributed by atoms with Gasteiger partial charge in [-0.1, -0.05) is 11.8 Å². The summed E-state index contributed by atoms with van der Waals surface area (Å²) in [5.41, 5.74) is 1.51. The summed E-state index contributed by atoms with van der Waals surface area (Å²) in [6.45, 7) is 8.13. The summed E-state index contributed by atoms with van der Waals surface area (Å²) < 4.78 is 0. The van der Waals surface area contributed by atoms with Crippen molar-refractivity contribution < 1.29 is 0 Å². The lowest BCUT2D eigenvalue weighted by molar-refractivity contribution is 0.370. The second-order valence-electron chi connectivity index (χ2n) is 5.88. The number of thioether (sulfide) groups is 1. The first-order valence-electron chi connectivity index (χ1n) is 7.09. The van der Waals surface area contributed by atoms with Crippen molar-refractivity contribution in [3.63, 3.8) is 0 Å². The monoisotopic (exact) mass is 290 g/mol. The molecule has 1 aliphatic rings. The third-order valence-electron chi connectivity index (χ3n) is 3.41. The molecule has 1 heterocycles. The maximum Gasteiger partial charge on any atom is 0.188 e. The number of hydrogen-bond acceptors (Lipinski definition) is 5. The molecule has 0 bridgehead atoms. The van der Waals surface area contributed by atoms with Crippen LogP contribution in [0.15, 0.2) is 11.2 Å². The second kappa shape index (κ2) is 6.11. The van der Waals surface area contributed by atoms with Gasteiger partial charge in [0.05, 0.1) is 6.07 Å². The van der Waals surface area contributed by atoms with Crippen molar-refractivity contribution in [3.8, 4) is 6.07 Å². The van der Waals surface area contributed by atoms with Gasteiger partial charge in [0.2, 0.25) is 0 Å². The summed E-state index contributed by atoms with van der Waals surface area (Å²) in [7, 11) is 0. The van der Waals surface area contributed by atoms with E-state index >= 15 is 0 Å². The van der Waals surface area contributed by atoms with Crippen LogP contribution in [0.4, 0.5) is 0 Å². The van der Waals surface area contributed by atoms with Gasteiger partial charge in [-0.25, -0.2) is 9.97 Å². The van der Waals surface area contributed by atoms with E-state index in [1.807, 2.05) is 19.9 Å². The molecule has 4 nitrogen and oxygen atoms in total. The highest BCUT2D eigenvalue weighted by Gasteiger charge is 2.46. The minimum absolute atomic E-state index is 0.302. The Hall–Kier alpha value is -1.12. The fourth-order valence-corrected chi connectivity index (χ4v) is 3.62. The first kappa shape index (κ1) is 15.3. The Balaban J connectivity index is 2.10. The maximum absolute atomic E-state index is 9.66. The number of aromatic nitrogens is 2. The van der Waals surface area contributed by atoms with E-state index in [1.54, 1.807) is 11.8 Å². The third-order valence-corrected chi connectivity index (χ3v) is 4.45. The molecule has 0 aliphatic heterocycles. The number of hydrogen-bond donors (Lipinski definition) is 1. The first-order valence-corrected chi connectivity index (χ1v) is 8.08. The van der Waals surface area contributed by atoms with E-state index in [-0.39, 0.29) is 0 Å². The lowest BCUT2D eigenvalue weighted by atomic mass is 9.96. The van der Waals surface area contributed by atoms with E-state index < -0.39 is 5.54 Å². The highest BCUT2D eigenvalue weighted by Crippen LogP contribution is 2.42. The second-order valence-corrected chi connectivity index (χ2v) is 6.82. The molecule has 108 valence electrons. The van der Waals surface area contributed by atoms with Gasteiger partial charge in [-0.3, -0.25) is 5.32 Å². The Bertz CT molecular complexity index is 499. The summed E-state index contributed by atoms with van der Waals surface area (Å²) in [5, 5.41) is 13.9. The zero-order valence-electron chi connectivity index (χ0n) is 12.6. The third kappa shape index (κ3) is 3.71. The SMILES string of the molecule is Cc1cc(C)nc(SCC(C#N)(NC(C)C)C2CC2)n1. The number of nitrogens with zero attached hydrogens (tertiary/aromatic N) is 3. The van der Waals surface area contributed by atoms with Gasteiger partial charge in [-0.15, -0.1) is 0 Å². The molecular weight excluding hydrogens is 268 g/mol. The summed E-state index contributed by atoms with van der Waals surface area (Å²) >= 11 is 1.58. The molecule has 0 saturated heterocycles. The van der Waals surface area contributed by atoms with Crippen LogP contribution in [0.5, 0.6) is 0 Å². The van der Waals surface area contributed by atoms with Crippen molar-refractivity contribution in [3.05, 3.63) is 17.5 Å². The van der Waals surface area contributed by atoms with E-state index in [4.69, 9.17) is 0 Å². The van der Waals surface area contributed by atoms with E-state index in [2.05, 4.69) is 35.2 Å². The molecule has 0 aromatic carbocycles. The van der Waals surface area contributed by atoms with Crippen LogP contribution in [-0.2, 0) is 0 Å². The van der Waals surface area contributed by atoms with E-state index in [0.717, 1.165) is 29.4 Å². The molecule has 20 heavy (non-hydrogen) atoms. The number of rotatable bonds is 6. The highest BCUT2D eigenvalue weighted by atomic mass is 32.2. The summed E-state index contributed by atoms with van der Waals surface area (Å²) in [4.78, 5) is 8.89. The van der Waals surface area contributed by atoms with E-state index in [0.29, 0.717) is 17.7 Å². The van der Waals surface area contributed by atoms with Crippen LogP contribution in [0.1, 0.15) is 38.1 Å². The average Bonchev–Trinajstić information content (AvgIpc) is 3.17. The van der Waals surface area contributed by atoms with Crippen LogP contribution in [0.25, 0.3) is 0 Å². The first-order chi connectivity index (χ1) is 9.45. The number of nitrogens with one attached hydrogen (secondary N) is 1. The van der Waals surface area contributed by atoms with E-state index in [1.165, 1.54) is 0 Å². The Morgan fingerprint density at radius 1 is 1.40 bits per heavy atom. The highest BCUT2D eigenvalue weighted by molar-refractivity contribution is 7.99. The van der Waals surface area contributed by atoms with Crippen molar-refractivity contribution in [1.82, 2.24) is 15.3 Å². The van der Waals surface area contributed by atoms with Crippen molar-refractivity contribution in [2.75, 3.05) is 5.75 Å². The van der Waals surface area contributed by atoms with Crippen molar-refractivity contribution in [2.45, 2.75) is 57.3 Å². The lowest BCUT2D eigenvalue weighted by Crippen LogP contribution is -2.51. The van der Waals surface area contributed by atoms with Crippen molar-refractivity contribution in [1.29, 1.82) is 5.26 Å². The van der Waals surface area contributed by atoms with E-state index in [9.17, 15) is 5.26 Å². The van der Waals surface area contributed by atoms with Gasteiger partial charge in [-0.05, 0) is 52.5 Å². The average molecular weight is 290 g/mol. The van der Waals surface area contributed by atoms with Crippen LogP contribution in [-0.4, -0.2) is 27.3 Å². The Morgan fingerprint density at radius 2 is 2.00 bits per heavy atom. The van der Waals surface area contributed by atoms with Crippen LogP contribution < -0.4 is 5.32 Å². The molecule has 1 atom stereocenters. The Morgan fingerprint density at radius 3 is 2.45 bits per heavy atom. The quantitative estimate of drug-likeness (QED) is 0.645. The van der Waals surface area contributed by atoms with Crippen LogP contribution in [0.3, 0.4) is 0 Å². The number of nitriles is 1. The normalized spacial score (nSPS) is 17.8. The summed E-state index contributed by atoms with van der Waals surface area (Å²) in [5.74, 6) is 1.17. The van der Waals surface area contributed by atoms with Gasteiger partial charge in [0.1, 0.15) is 5.54 Å². The molecule has 1 unspecified atom stereocenters. The standard InChI is InChI=1S/C15H22N4S/c1-10(2)19-15(8-16,13-5-6-13)9-20-14-17-11(3)7-12(4)18-14/h7,10,13,19H,5-6,9H2,1-4H3. The van der Waals surface area contributed by atoms with Crippen molar-refractivity contribution >= 4 is 11.8 Å². The summed E-state index contributed by atoms with van der Waals surface area (Å²) in [6.07, 6.45) is 2.28.